The number of rotatable bonds is 3. The summed E-state index contributed by atoms with van der Waals surface area (Å²) in [6.45, 7) is 6.40. The Kier molecular flexibility index (Phi) is 5.47. The third kappa shape index (κ3) is 4.90. The molecule has 0 bridgehead atoms. The summed E-state index contributed by atoms with van der Waals surface area (Å²) in [6, 6.07) is 8.33. The predicted octanol–water partition coefficient (Wildman–Crippen LogP) is 3.90. The number of halogens is 1. The predicted molar refractivity (Wildman–Crippen MR) is 114 cm³/mol. The molecule has 1 aromatic carbocycles. The van der Waals surface area contributed by atoms with Crippen LogP contribution in [0.2, 0.25) is 0 Å². The molecule has 0 saturated carbocycles. The lowest BCUT2D eigenvalue weighted by Gasteiger charge is -2.31. The van der Waals surface area contributed by atoms with Crippen LogP contribution in [0.4, 0.5) is 9.18 Å². The Morgan fingerprint density at radius 3 is 2.71 bits per heavy atom. The van der Waals surface area contributed by atoms with Gasteiger partial charge in [0.05, 0.1) is 17.9 Å². The summed E-state index contributed by atoms with van der Waals surface area (Å²) in [5.41, 5.74) is 3.51. The maximum absolute atomic E-state index is 13.7. The van der Waals surface area contributed by atoms with Crippen molar-refractivity contribution in [3.63, 3.8) is 0 Å². The molecule has 2 aromatic heterocycles. The van der Waals surface area contributed by atoms with E-state index in [1.54, 1.807) is 15.6 Å². The molecule has 0 unspecified atom stereocenters. The Hall–Kier alpha value is -3.29. The van der Waals surface area contributed by atoms with Gasteiger partial charge in [-0.15, -0.1) is 0 Å². The van der Waals surface area contributed by atoms with Crippen molar-refractivity contribution in [3.8, 4) is 11.4 Å². The van der Waals surface area contributed by atoms with E-state index in [0.29, 0.717) is 31.8 Å². The van der Waals surface area contributed by atoms with Crippen molar-refractivity contribution in [3.05, 3.63) is 65.0 Å². The molecular formula is C23H26FN5O2. The van der Waals surface area contributed by atoms with Crippen LogP contribution in [-0.4, -0.2) is 42.9 Å². The van der Waals surface area contributed by atoms with Crippen LogP contribution in [0.5, 0.6) is 0 Å². The highest BCUT2D eigenvalue weighted by Gasteiger charge is 2.29. The fourth-order valence-corrected chi connectivity index (χ4v) is 3.63. The van der Waals surface area contributed by atoms with Crippen molar-refractivity contribution in [1.82, 2.24) is 24.6 Å². The van der Waals surface area contributed by atoms with Crippen LogP contribution in [0.25, 0.3) is 11.4 Å². The fraction of sp³-hybridized carbons (Fsp3) is 0.391. The van der Waals surface area contributed by atoms with Gasteiger partial charge in [0.1, 0.15) is 22.9 Å². The van der Waals surface area contributed by atoms with Crippen molar-refractivity contribution >= 4 is 6.09 Å². The van der Waals surface area contributed by atoms with Gasteiger partial charge >= 0.3 is 6.09 Å². The zero-order valence-electron chi connectivity index (χ0n) is 18.2. The van der Waals surface area contributed by atoms with Gasteiger partial charge in [-0.1, -0.05) is 12.1 Å². The van der Waals surface area contributed by atoms with Crippen molar-refractivity contribution in [1.29, 1.82) is 0 Å². The Balaban J connectivity index is 1.70. The highest BCUT2D eigenvalue weighted by atomic mass is 19.1. The SMILES string of the molecule is Cn1ccc(-c2nc(Cc3cccc(F)c3)nc3c2CCN(C(=O)OC(C)(C)C)C3)n1. The maximum atomic E-state index is 13.7. The number of fused-ring (bicyclic) bond motifs is 1. The minimum Gasteiger partial charge on any atom is -0.444 e. The summed E-state index contributed by atoms with van der Waals surface area (Å²) in [5, 5.41) is 4.52. The molecule has 4 rings (SSSR count). The summed E-state index contributed by atoms with van der Waals surface area (Å²) in [7, 11) is 1.86. The number of aromatic nitrogens is 4. The topological polar surface area (TPSA) is 73.1 Å². The molecular weight excluding hydrogens is 397 g/mol. The van der Waals surface area contributed by atoms with E-state index in [9.17, 15) is 9.18 Å². The van der Waals surface area contributed by atoms with Gasteiger partial charge in [-0.3, -0.25) is 4.68 Å². The van der Waals surface area contributed by atoms with Crippen LogP contribution >= 0.6 is 0 Å². The first-order valence-corrected chi connectivity index (χ1v) is 10.3. The first kappa shape index (κ1) is 21.0. The number of nitrogens with zero attached hydrogens (tertiary/aromatic N) is 5. The number of aryl methyl sites for hydroxylation is 1. The largest absolute Gasteiger partial charge is 0.444 e. The molecule has 3 aromatic rings. The van der Waals surface area contributed by atoms with E-state index in [1.807, 2.05) is 46.1 Å². The van der Waals surface area contributed by atoms with Crippen LogP contribution in [0.3, 0.4) is 0 Å². The van der Waals surface area contributed by atoms with Gasteiger partial charge in [0.25, 0.3) is 0 Å². The lowest BCUT2D eigenvalue weighted by atomic mass is 10.0. The van der Waals surface area contributed by atoms with E-state index in [1.165, 1.54) is 12.1 Å². The quantitative estimate of drug-likeness (QED) is 0.639. The van der Waals surface area contributed by atoms with E-state index in [4.69, 9.17) is 14.7 Å². The molecule has 1 amide bonds. The molecule has 0 atom stereocenters. The molecule has 31 heavy (non-hydrogen) atoms. The number of carbonyl (C=O) groups excluding carboxylic acids is 1. The highest BCUT2D eigenvalue weighted by molar-refractivity contribution is 5.69. The Bertz CT molecular complexity index is 1120. The first-order chi connectivity index (χ1) is 14.7. The Morgan fingerprint density at radius 2 is 2.03 bits per heavy atom. The van der Waals surface area contributed by atoms with Gasteiger partial charge in [0.2, 0.25) is 0 Å². The van der Waals surface area contributed by atoms with Crippen molar-refractivity contribution in [2.24, 2.45) is 7.05 Å². The van der Waals surface area contributed by atoms with Gasteiger partial charge < -0.3 is 9.64 Å². The standard InChI is InChI=1S/C23H26FN5O2/c1-23(2,3)31-22(30)29-11-8-17-19(14-29)25-20(13-15-6-5-7-16(24)12-15)26-21(17)18-9-10-28(4)27-18/h5-7,9-10,12H,8,11,13-14H2,1-4H3. The van der Waals surface area contributed by atoms with Crippen molar-refractivity contribution < 1.29 is 13.9 Å². The van der Waals surface area contributed by atoms with Gasteiger partial charge in [-0.05, 0) is 51.0 Å². The molecule has 1 aliphatic heterocycles. The third-order valence-electron chi connectivity index (χ3n) is 4.97. The van der Waals surface area contributed by atoms with Crippen molar-refractivity contribution in [2.75, 3.05) is 6.54 Å². The number of benzene rings is 1. The fourth-order valence-electron chi connectivity index (χ4n) is 3.63. The minimum atomic E-state index is -0.565. The number of hydrogen-bond donors (Lipinski definition) is 0. The molecule has 1 aliphatic rings. The zero-order chi connectivity index (χ0) is 22.2. The number of hydrogen-bond acceptors (Lipinski definition) is 5. The third-order valence-corrected chi connectivity index (χ3v) is 4.97. The second-order valence-corrected chi connectivity index (χ2v) is 8.75. The molecule has 0 fully saturated rings. The van der Waals surface area contributed by atoms with Crippen LogP contribution in [0, 0.1) is 5.82 Å². The van der Waals surface area contributed by atoms with Gasteiger partial charge in [-0.25, -0.2) is 19.2 Å². The molecule has 162 valence electrons. The van der Waals surface area contributed by atoms with Gasteiger partial charge in [0.15, 0.2) is 0 Å². The number of ether oxygens (including phenoxy) is 1. The highest BCUT2D eigenvalue weighted by Crippen LogP contribution is 2.28. The van der Waals surface area contributed by atoms with Crippen molar-refractivity contribution in [2.45, 2.75) is 45.8 Å². The molecule has 7 nitrogen and oxygen atoms in total. The van der Waals surface area contributed by atoms with Crippen LogP contribution < -0.4 is 0 Å². The zero-order valence-corrected chi connectivity index (χ0v) is 18.2. The smallest absolute Gasteiger partial charge is 0.410 e. The maximum Gasteiger partial charge on any atom is 0.410 e. The monoisotopic (exact) mass is 423 g/mol. The minimum absolute atomic E-state index is 0.295. The summed E-state index contributed by atoms with van der Waals surface area (Å²) in [6.07, 6.45) is 2.51. The molecule has 0 spiro atoms. The average Bonchev–Trinajstić information content (AvgIpc) is 3.12. The van der Waals surface area contributed by atoms with Gasteiger partial charge in [-0.2, -0.15) is 5.10 Å². The summed E-state index contributed by atoms with van der Waals surface area (Å²) < 4.78 is 20.9. The van der Waals surface area contributed by atoms with E-state index in [-0.39, 0.29) is 11.9 Å². The first-order valence-electron chi connectivity index (χ1n) is 10.3. The average molecular weight is 423 g/mol. The number of amides is 1. The second-order valence-electron chi connectivity index (χ2n) is 8.75. The molecule has 8 heteroatoms. The van der Waals surface area contributed by atoms with Crippen LogP contribution in [-0.2, 0) is 31.2 Å². The van der Waals surface area contributed by atoms with E-state index in [0.717, 1.165) is 28.2 Å². The Labute approximate surface area is 180 Å². The summed E-state index contributed by atoms with van der Waals surface area (Å²) in [4.78, 5) is 23.8. The lowest BCUT2D eigenvalue weighted by Crippen LogP contribution is -2.40. The normalized spacial score (nSPS) is 13.8. The summed E-state index contributed by atoms with van der Waals surface area (Å²) >= 11 is 0. The lowest BCUT2D eigenvalue weighted by molar-refractivity contribution is 0.0220. The molecule has 0 N–H and O–H groups in total. The van der Waals surface area contributed by atoms with Crippen LogP contribution in [0.1, 0.15) is 43.4 Å². The molecule has 0 radical (unpaired) electrons. The van der Waals surface area contributed by atoms with E-state index in [2.05, 4.69) is 5.10 Å². The van der Waals surface area contributed by atoms with Crippen LogP contribution in [0.15, 0.2) is 36.5 Å². The molecule has 0 aliphatic carbocycles. The van der Waals surface area contributed by atoms with E-state index < -0.39 is 5.60 Å². The van der Waals surface area contributed by atoms with E-state index >= 15 is 0 Å². The Morgan fingerprint density at radius 1 is 1.23 bits per heavy atom. The van der Waals surface area contributed by atoms with Gasteiger partial charge in [0, 0.05) is 31.8 Å². The second kappa shape index (κ2) is 8.09. The molecule has 0 saturated heterocycles. The summed E-state index contributed by atoms with van der Waals surface area (Å²) in [5.74, 6) is 0.271. The number of carbonyl (C=O) groups is 1. The molecule has 3 heterocycles.